The molecule has 7 heteroatoms. The first-order chi connectivity index (χ1) is 16.1. The number of nitrogens with zero attached hydrogens (tertiary/aromatic N) is 2. The van der Waals surface area contributed by atoms with Gasteiger partial charge in [-0.25, -0.2) is 0 Å². The lowest BCUT2D eigenvalue weighted by Gasteiger charge is -2.27. The third-order valence-electron chi connectivity index (χ3n) is 5.66. The van der Waals surface area contributed by atoms with E-state index in [2.05, 4.69) is 20.8 Å². The number of carbonyl (C=O) groups is 1. The second-order valence-electron chi connectivity index (χ2n) is 7.81. The molecule has 1 atom stereocenters. The molecule has 33 heavy (non-hydrogen) atoms. The minimum absolute atomic E-state index is 0.200. The van der Waals surface area contributed by atoms with Crippen LogP contribution >= 0.6 is 0 Å². The Bertz CT molecular complexity index is 1370. The van der Waals surface area contributed by atoms with Crippen molar-refractivity contribution in [3.8, 4) is 5.75 Å². The number of allylic oxidation sites excluding steroid dienone is 1. The highest BCUT2D eigenvalue weighted by Crippen LogP contribution is 2.32. The van der Waals surface area contributed by atoms with Crippen LogP contribution in [0.5, 0.6) is 5.75 Å². The van der Waals surface area contributed by atoms with E-state index in [4.69, 9.17) is 9.73 Å². The maximum absolute atomic E-state index is 13.4. The van der Waals surface area contributed by atoms with Crippen molar-refractivity contribution in [3.05, 3.63) is 101 Å². The second kappa shape index (κ2) is 8.63. The summed E-state index contributed by atoms with van der Waals surface area (Å²) in [6.07, 6.45) is 1.73. The maximum atomic E-state index is 13.4. The number of methoxy groups -OCH3 is 1. The fraction of sp³-hybridized carbons (Fsp3) is 0.115. The molecule has 2 heterocycles. The monoisotopic (exact) mass is 437 g/mol. The second-order valence-corrected chi connectivity index (χ2v) is 7.81. The summed E-state index contributed by atoms with van der Waals surface area (Å²) in [5.41, 5.74) is 4.81. The van der Waals surface area contributed by atoms with Crippen molar-refractivity contribution < 1.29 is 9.53 Å². The molecular weight excluding hydrogens is 414 g/mol. The number of aromatic amines is 1. The minimum Gasteiger partial charge on any atom is -0.497 e. The molecule has 1 unspecified atom stereocenters. The molecule has 3 aromatic carbocycles. The molecule has 0 bridgehead atoms. The van der Waals surface area contributed by atoms with E-state index in [1.165, 1.54) is 0 Å². The van der Waals surface area contributed by atoms with E-state index >= 15 is 0 Å². The Balaban J connectivity index is 1.50. The molecule has 1 aromatic heterocycles. The van der Waals surface area contributed by atoms with Crippen molar-refractivity contribution in [1.29, 1.82) is 0 Å². The molecule has 1 aliphatic heterocycles. The zero-order valence-corrected chi connectivity index (χ0v) is 18.3. The van der Waals surface area contributed by atoms with Crippen molar-refractivity contribution in [3.63, 3.8) is 0 Å². The van der Waals surface area contributed by atoms with E-state index in [0.717, 1.165) is 33.5 Å². The largest absolute Gasteiger partial charge is 0.497 e. The Hall–Kier alpha value is -4.39. The summed E-state index contributed by atoms with van der Waals surface area (Å²) in [5, 5.41) is 14.2. The van der Waals surface area contributed by atoms with Crippen LogP contribution in [0.3, 0.4) is 0 Å². The summed E-state index contributed by atoms with van der Waals surface area (Å²) >= 11 is 0. The van der Waals surface area contributed by atoms with Crippen molar-refractivity contribution in [2.45, 2.75) is 13.0 Å². The van der Waals surface area contributed by atoms with Gasteiger partial charge in [0.1, 0.15) is 17.6 Å². The van der Waals surface area contributed by atoms with E-state index in [9.17, 15) is 4.79 Å². The number of amidine groups is 1. The van der Waals surface area contributed by atoms with Gasteiger partial charge < -0.3 is 15.4 Å². The molecule has 0 fully saturated rings. The van der Waals surface area contributed by atoms with Crippen molar-refractivity contribution in [2.24, 2.45) is 4.99 Å². The SMILES string of the molecule is COc1ccc(C2=NC(c3ccccc3)C(C(=O)Nc3ccc4[nH]ncc4c3)=C(C)N2)cc1. The Morgan fingerprint density at radius 2 is 1.82 bits per heavy atom. The molecule has 0 saturated carbocycles. The van der Waals surface area contributed by atoms with Crippen LogP contribution in [0.4, 0.5) is 5.69 Å². The first-order valence-electron chi connectivity index (χ1n) is 10.6. The average Bonchev–Trinajstić information content (AvgIpc) is 3.32. The van der Waals surface area contributed by atoms with Crippen LogP contribution in [-0.2, 0) is 4.79 Å². The van der Waals surface area contributed by atoms with Crippen molar-refractivity contribution in [1.82, 2.24) is 15.5 Å². The van der Waals surface area contributed by atoms with Crippen molar-refractivity contribution >= 4 is 28.3 Å². The fourth-order valence-corrected chi connectivity index (χ4v) is 3.96. The Morgan fingerprint density at radius 3 is 2.58 bits per heavy atom. The number of nitrogens with one attached hydrogen (secondary N) is 3. The Kier molecular flexibility index (Phi) is 5.36. The van der Waals surface area contributed by atoms with Crippen LogP contribution < -0.4 is 15.4 Å². The van der Waals surface area contributed by atoms with E-state index < -0.39 is 6.04 Å². The molecule has 7 nitrogen and oxygen atoms in total. The molecule has 164 valence electrons. The Morgan fingerprint density at radius 1 is 1.03 bits per heavy atom. The number of amides is 1. The average molecular weight is 438 g/mol. The standard InChI is InChI=1S/C26H23N5O2/c1-16-23(26(32)29-20-10-13-22-19(14-20)15-27-31-22)24(17-6-4-3-5-7-17)30-25(28-16)18-8-11-21(33-2)12-9-18/h3-15,24H,1-2H3,(H,27,31)(H,28,30)(H,29,32). The topological polar surface area (TPSA) is 91.4 Å². The normalized spacial score (nSPS) is 15.7. The molecule has 0 radical (unpaired) electrons. The van der Waals surface area contributed by atoms with Gasteiger partial charge in [-0.1, -0.05) is 30.3 Å². The first-order valence-corrected chi connectivity index (χ1v) is 10.6. The summed E-state index contributed by atoms with van der Waals surface area (Å²) in [6.45, 7) is 1.91. The molecule has 5 rings (SSSR count). The van der Waals surface area contributed by atoms with Crippen LogP contribution in [0.1, 0.15) is 24.1 Å². The van der Waals surface area contributed by atoms with Gasteiger partial charge in [0, 0.05) is 22.3 Å². The van der Waals surface area contributed by atoms with Gasteiger partial charge >= 0.3 is 0 Å². The van der Waals surface area contributed by atoms with Gasteiger partial charge in [0.2, 0.25) is 0 Å². The summed E-state index contributed by atoms with van der Waals surface area (Å²) in [7, 11) is 1.64. The zero-order chi connectivity index (χ0) is 22.8. The number of ether oxygens (including phenoxy) is 1. The summed E-state index contributed by atoms with van der Waals surface area (Å²) in [4.78, 5) is 18.4. The first kappa shape index (κ1) is 20.5. The lowest BCUT2D eigenvalue weighted by Crippen LogP contribution is -2.34. The predicted octanol–water partition coefficient (Wildman–Crippen LogP) is 4.58. The van der Waals surface area contributed by atoms with Gasteiger partial charge in [0.25, 0.3) is 5.91 Å². The van der Waals surface area contributed by atoms with Crippen LogP contribution in [-0.4, -0.2) is 29.0 Å². The number of benzene rings is 3. The molecule has 1 aliphatic rings. The van der Waals surface area contributed by atoms with Gasteiger partial charge in [0.15, 0.2) is 0 Å². The quantitative estimate of drug-likeness (QED) is 0.426. The molecule has 0 spiro atoms. The summed E-state index contributed by atoms with van der Waals surface area (Å²) in [5.74, 6) is 1.28. The molecule has 1 amide bonds. The lowest BCUT2D eigenvalue weighted by molar-refractivity contribution is -0.113. The number of carbonyl (C=O) groups excluding carboxylic acids is 1. The lowest BCUT2D eigenvalue weighted by atomic mass is 9.94. The van der Waals surface area contributed by atoms with Gasteiger partial charge in [-0.2, -0.15) is 5.10 Å². The highest BCUT2D eigenvalue weighted by atomic mass is 16.5. The van der Waals surface area contributed by atoms with Crippen LogP contribution in [0.15, 0.2) is 95.3 Å². The third-order valence-corrected chi connectivity index (χ3v) is 5.66. The number of fused-ring (bicyclic) bond motifs is 1. The van der Waals surface area contributed by atoms with Crippen molar-refractivity contribution in [2.75, 3.05) is 12.4 Å². The van der Waals surface area contributed by atoms with E-state index in [1.807, 2.05) is 79.7 Å². The summed E-state index contributed by atoms with van der Waals surface area (Å²) in [6, 6.07) is 22.7. The number of aliphatic imine (C=N–C) groups is 1. The van der Waals surface area contributed by atoms with Crippen LogP contribution in [0.25, 0.3) is 10.9 Å². The number of anilines is 1. The number of hydrogen-bond donors (Lipinski definition) is 3. The summed E-state index contributed by atoms with van der Waals surface area (Å²) < 4.78 is 5.27. The van der Waals surface area contributed by atoms with E-state index in [-0.39, 0.29) is 5.91 Å². The van der Waals surface area contributed by atoms with Gasteiger partial charge in [-0.3, -0.25) is 14.9 Å². The van der Waals surface area contributed by atoms with Gasteiger partial charge in [0.05, 0.1) is 24.4 Å². The van der Waals surface area contributed by atoms with Gasteiger partial charge in [-0.05, 0) is 55.0 Å². The number of hydrogen-bond acceptors (Lipinski definition) is 5. The Labute approximate surface area is 191 Å². The molecular formula is C26H23N5O2. The molecule has 0 aliphatic carbocycles. The molecule has 4 aromatic rings. The van der Waals surface area contributed by atoms with Crippen LogP contribution in [0.2, 0.25) is 0 Å². The molecule has 3 N–H and O–H groups in total. The minimum atomic E-state index is -0.442. The highest BCUT2D eigenvalue weighted by Gasteiger charge is 2.29. The van der Waals surface area contributed by atoms with Gasteiger partial charge in [-0.15, -0.1) is 0 Å². The van der Waals surface area contributed by atoms with E-state index in [1.54, 1.807) is 13.3 Å². The van der Waals surface area contributed by atoms with E-state index in [0.29, 0.717) is 17.1 Å². The number of rotatable bonds is 5. The molecule has 0 saturated heterocycles. The number of aromatic nitrogens is 2. The highest BCUT2D eigenvalue weighted by molar-refractivity contribution is 6.09. The maximum Gasteiger partial charge on any atom is 0.255 e. The fourth-order valence-electron chi connectivity index (χ4n) is 3.96. The third kappa shape index (κ3) is 4.08. The predicted molar refractivity (Wildman–Crippen MR) is 129 cm³/mol. The zero-order valence-electron chi connectivity index (χ0n) is 18.3. The number of H-pyrrole nitrogens is 1. The smallest absolute Gasteiger partial charge is 0.255 e. The van der Waals surface area contributed by atoms with Crippen LogP contribution in [0, 0.1) is 0 Å².